The molecule has 1 saturated heterocycles. The van der Waals surface area contributed by atoms with Crippen LogP contribution in [0.15, 0.2) is 5.03 Å². The zero-order valence-corrected chi connectivity index (χ0v) is 17.6. The van der Waals surface area contributed by atoms with Crippen LogP contribution in [0.2, 0.25) is 0 Å². The van der Waals surface area contributed by atoms with E-state index in [2.05, 4.69) is 11.8 Å². The molecule has 27 heavy (non-hydrogen) atoms. The summed E-state index contributed by atoms with van der Waals surface area (Å²) in [5.74, 6) is 3.10. The van der Waals surface area contributed by atoms with Crippen LogP contribution in [-0.4, -0.2) is 39.6 Å². The molecule has 3 heterocycles. The quantitative estimate of drug-likeness (QED) is 0.545. The highest BCUT2D eigenvalue weighted by molar-refractivity contribution is 8.00. The van der Waals surface area contributed by atoms with E-state index < -0.39 is 0 Å². The second-order valence-corrected chi connectivity index (χ2v) is 10.5. The van der Waals surface area contributed by atoms with Crippen molar-refractivity contribution in [3.05, 3.63) is 16.3 Å². The van der Waals surface area contributed by atoms with Crippen LogP contribution in [0.25, 0.3) is 10.2 Å². The van der Waals surface area contributed by atoms with Gasteiger partial charge >= 0.3 is 0 Å². The van der Waals surface area contributed by atoms with Crippen LogP contribution in [-0.2, 0) is 17.6 Å². The Morgan fingerprint density at radius 1 is 1.15 bits per heavy atom. The predicted molar refractivity (Wildman–Crippen MR) is 112 cm³/mol. The fraction of sp³-hybridized carbons (Fsp3) is 0.667. The highest BCUT2D eigenvalue weighted by Crippen LogP contribution is 2.44. The Bertz CT molecular complexity index is 866. The number of thioether (sulfide) groups is 1. The van der Waals surface area contributed by atoms with Gasteiger partial charge in [-0.1, -0.05) is 18.7 Å². The zero-order valence-electron chi connectivity index (χ0n) is 16.0. The maximum absolute atomic E-state index is 12.7. The van der Waals surface area contributed by atoms with Crippen molar-refractivity contribution in [3.63, 3.8) is 0 Å². The third-order valence-electron chi connectivity index (χ3n) is 6.21. The Kier molecular flexibility index (Phi) is 4.88. The third-order valence-corrected chi connectivity index (χ3v) is 8.36. The smallest absolute Gasteiger partial charge is 0.232 e. The highest BCUT2D eigenvalue weighted by Gasteiger charge is 2.30. The van der Waals surface area contributed by atoms with Gasteiger partial charge in [-0.3, -0.25) is 4.79 Å². The predicted octanol–water partition coefficient (Wildman–Crippen LogP) is 4.80. The molecule has 0 spiro atoms. The summed E-state index contributed by atoms with van der Waals surface area (Å²) >= 11 is 3.53. The second-order valence-electron chi connectivity index (χ2n) is 8.40. The number of hydrogen-bond donors (Lipinski definition) is 0. The lowest BCUT2D eigenvalue weighted by Crippen LogP contribution is -2.38. The van der Waals surface area contributed by atoms with Crippen LogP contribution in [0.3, 0.4) is 0 Å². The number of amides is 1. The van der Waals surface area contributed by atoms with Crippen LogP contribution in [0.5, 0.6) is 0 Å². The molecular formula is C21H27N3OS2. The molecule has 4 nitrogen and oxygen atoms in total. The zero-order chi connectivity index (χ0) is 18.4. The van der Waals surface area contributed by atoms with E-state index in [0.717, 1.165) is 49.1 Å². The lowest BCUT2D eigenvalue weighted by Gasteiger charge is -2.30. The van der Waals surface area contributed by atoms with Crippen molar-refractivity contribution in [2.45, 2.75) is 69.2 Å². The van der Waals surface area contributed by atoms with E-state index >= 15 is 0 Å². The number of piperidine rings is 1. The van der Waals surface area contributed by atoms with Crippen LogP contribution in [0, 0.1) is 5.92 Å². The standard InChI is InChI=1S/C21H27N3OS2/c1-13-8-10-24(11-9-13)17(25)12-26-20-18-15-4-2-3-5-16(15)27-21(18)23-19(22-20)14-6-7-14/h13-14H,2-12H2,1H3. The topological polar surface area (TPSA) is 46.1 Å². The molecule has 2 aromatic rings. The molecule has 0 atom stereocenters. The average Bonchev–Trinajstić information content (AvgIpc) is 3.47. The summed E-state index contributed by atoms with van der Waals surface area (Å²) in [5.41, 5.74) is 1.48. The molecule has 1 saturated carbocycles. The summed E-state index contributed by atoms with van der Waals surface area (Å²) in [4.78, 5) is 27.4. The number of aromatic nitrogens is 2. The Morgan fingerprint density at radius 3 is 2.70 bits per heavy atom. The van der Waals surface area contributed by atoms with Gasteiger partial charge in [-0.15, -0.1) is 11.3 Å². The van der Waals surface area contributed by atoms with Gasteiger partial charge in [-0.05, 0) is 62.8 Å². The lowest BCUT2D eigenvalue weighted by atomic mass is 9.97. The lowest BCUT2D eigenvalue weighted by molar-refractivity contribution is -0.129. The minimum Gasteiger partial charge on any atom is -0.342 e. The first-order chi connectivity index (χ1) is 13.2. The van der Waals surface area contributed by atoms with Crippen LogP contribution < -0.4 is 0 Å². The first-order valence-electron chi connectivity index (χ1n) is 10.4. The van der Waals surface area contributed by atoms with Gasteiger partial charge in [-0.25, -0.2) is 9.97 Å². The SMILES string of the molecule is CC1CCN(C(=O)CSc2nc(C3CC3)nc3sc4c(c23)CCCC4)CC1. The number of carbonyl (C=O) groups is 1. The number of rotatable bonds is 4. The Labute approximate surface area is 169 Å². The summed E-state index contributed by atoms with van der Waals surface area (Å²) in [6, 6.07) is 0. The van der Waals surface area contributed by atoms with Gasteiger partial charge in [0.15, 0.2) is 0 Å². The Balaban J connectivity index is 1.41. The molecule has 6 heteroatoms. The number of hydrogen-bond acceptors (Lipinski definition) is 5. The maximum Gasteiger partial charge on any atom is 0.232 e. The van der Waals surface area contributed by atoms with Crippen molar-refractivity contribution in [1.82, 2.24) is 14.9 Å². The molecule has 144 valence electrons. The maximum atomic E-state index is 12.7. The summed E-state index contributed by atoms with van der Waals surface area (Å²) in [5, 5.41) is 2.34. The summed E-state index contributed by atoms with van der Waals surface area (Å²) in [6.07, 6.45) is 9.58. The van der Waals surface area contributed by atoms with Gasteiger partial charge in [0, 0.05) is 29.3 Å². The summed E-state index contributed by atoms with van der Waals surface area (Å²) in [7, 11) is 0. The minimum absolute atomic E-state index is 0.274. The molecule has 0 radical (unpaired) electrons. The molecule has 0 aromatic carbocycles. The fourth-order valence-electron chi connectivity index (χ4n) is 4.25. The molecule has 1 amide bonds. The van der Waals surface area contributed by atoms with Crippen molar-refractivity contribution < 1.29 is 4.79 Å². The van der Waals surface area contributed by atoms with Crippen molar-refractivity contribution in [3.8, 4) is 0 Å². The van der Waals surface area contributed by atoms with E-state index in [1.807, 2.05) is 11.3 Å². The van der Waals surface area contributed by atoms with E-state index in [4.69, 9.17) is 9.97 Å². The van der Waals surface area contributed by atoms with E-state index in [9.17, 15) is 4.79 Å². The van der Waals surface area contributed by atoms with Crippen LogP contribution >= 0.6 is 23.1 Å². The first kappa shape index (κ1) is 17.9. The minimum atomic E-state index is 0.274. The number of carbonyl (C=O) groups excluding carboxylic acids is 1. The Hall–Kier alpha value is -1.14. The molecular weight excluding hydrogens is 374 g/mol. The summed E-state index contributed by atoms with van der Waals surface area (Å²) < 4.78 is 0. The van der Waals surface area contributed by atoms with Gasteiger partial charge < -0.3 is 4.90 Å². The van der Waals surface area contributed by atoms with Crippen LogP contribution in [0.1, 0.15) is 67.6 Å². The second kappa shape index (κ2) is 7.36. The van der Waals surface area contributed by atoms with Gasteiger partial charge in [0.1, 0.15) is 15.7 Å². The molecule has 0 bridgehead atoms. The molecule has 2 aliphatic carbocycles. The number of likely N-dealkylation sites (tertiary alicyclic amines) is 1. The van der Waals surface area contributed by atoms with E-state index in [-0.39, 0.29) is 5.91 Å². The molecule has 1 aliphatic heterocycles. The number of thiophene rings is 1. The molecule has 2 aromatic heterocycles. The number of nitrogens with zero attached hydrogens (tertiary/aromatic N) is 3. The first-order valence-corrected chi connectivity index (χ1v) is 12.2. The van der Waals surface area contributed by atoms with Gasteiger partial charge in [0.05, 0.1) is 5.75 Å². The van der Waals surface area contributed by atoms with E-state index in [1.165, 1.54) is 52.8 Å². The van der Waals surface area contributed by atoms with Crippen molar-refractivity contribution in [1.29, 1.82) is 0 Å². The molecule has 5 rings (SSSR count). The fourth-order valence-corrected chi connectivity index (χ4v) is 6.55. The Morgan fingerprint density at radius 2 is 1.93 bits per heavy atom. The summed E-state index contributed by atoms with van der Waals surface area (Å²) in [6.45, 7) is 4.12. The van der Waals surface area contributed by atoms with E-state index in [0.29, 0.717) is 11.7 Å². The van der Waals surface area contributed by atoms with Gasteiger partial charge in [-0.2, -0.15) is 0 Å². The molecule has 0 N–H and O–H groups in total. The average molecular weight is 402 g/mol. The van der Waals surface area contributed by atoms with Crippen LogP contribution in [0.4, 0.5) is 0 Å². The monoisotopic (exact) mass is 401 g/mol. The van der Waals surface area contributed by atoms with Gasteiger partial charge in [0.25, 0.3) is 0 Å². The van der Waals surface area contributed by atoms with Gasteiger partial charge in [0.2, 0.25) is 5.91 Å². The van der Waals surface area contributed by atoms with E-state index in [1.54, 1.807) is 11.8 Å². The normalized spacial score (nSPS) is 20.9. The van der Waals surface area contributed by atoms with Crippen molar-refractivity contribution in [2.24, 2.45) is 5.92 Å². The molecule has 3 aliphatic rings. The largest absolute Gasteiger partial charge is 0.342 e. The highest BCUT2D eigenvalue weighted by atomic mass is 32.2. The molecule has 2 fully saturated rings. The van der Waals surface area contributed by atoms with Crippen molar-refractivity contribution >= 4 is 39.2 Å². The number of aryl methyl sites for hydroxylation is 2. The number of fused-ring (bicyclic) bond motifs is 3. The molecule has 0 unspecified atom stereocenters. The third kappa shape index (κ3) is 3.63. The van der Waals surface area contributed by atoms with Crippen molar-refractivity contribution in [2.75, 3.05) is 18.8 Å².